The average Bonchev–Trinajstić information content (AvgIpc) is 2.74. The third-order valence-electron chi connectivity index (χ3n) is 2.50. The Kier molecular flexibility index (Phi) is 3.75. The van der Waals surface area contributed by atoms with E-state index in [2.05, 4.69) is 15.3 Å². The zero-order chi connectivity index (χ0) is 11.7. The van der Waals surface area contributed by atoms with Crippen LogP contribution in [0.1, 0.15) is 0 Å². The van der Waals surface area contributed by atoms with E-state index in [-0.39, 0.29) is 12.4 Å². The highest BCUT2D eigenvalue weighted by Crippen LogP contribution is 2.19. The normalized spacial score (nSPS) is 10.1. The van der Waals surface area contributed by atoms with Crippen molar-refractivity contribution in [1.82, 2.24) is 9.97 Å². The van der Waals surface area contributed by atoms with Crippen molar-refractivity contribution in [2.24, 2.45) is 0 Å². The standard InChI is InChI=1S/C13H10ClN3.ClH/c14-9-5-7-10(8-6-9)15-13-16-11-3-1-2-4-12(11)17-13;/h1-8H,(H2,15,16,17);1H. The van der Waals surface area contributed by atoms with E-state index >= 15 is 0 Å². The molecule has 0 aliphatic rings. The van der Waals surface area contributed by atoms with Gasteiger partial charge in [-0.05, 0) is 36.4 Å². The Morgan fingerprint density at radius 3 is 2.44 bits per heavy atom. The van der Waals surface area contributed by atoms with E-state index in [9.17, 15) is 0 Å². The van der Waals surface area contributed by atoms with Crippen molar-refractivity contribution in [3.8, 4) is 0 Å². The number of aromatic nitrogens is 2. The molecule has 0 saturated carbocycles. The molecule has 0 radical (unpaired) electrons. The molecule has 0 amide bonds. The highest BCUT2D eigenvalue weighted by molar-refractivity contribution is 6.30. The summed E-state index contributed by atoms with van der Waals surface area (Å²) in [7, 11) is 0. The zero-order valence-corrected chi connectivity index (χ0v) is 10.9. The number of para-hydroxylation sites is 2. The number of nitrogens with zero attached hydrogens (tertiary/aromatic N) is 1. The van der Waals surface area contributed by atoms with Gasteiger partial charge in [-0.2, -0.15) is 0 Å². The van der Waals surface area contributed by atoms with Gasteiger partial charge >= 0.3 is 0 Å². The van der Waals surface area contributed by atoms with Crippen LogP contribution in [0.5, 0.6) is 0 Å². The van der Waals surface area contributed by atoms with Gasteiger partial charge in [-0.15, -0.1) is 12.4 Å². The van der Waals surface area contributed by atoms with Crippen LogP contribution in [-0.2, 0) is 0 Å². The smallest absolute Gasteiger partial charge is 0.205 e. The van der Waals surface area contributed by atoms with Crippen LogP contribution in [0.25, 0.3) is 11.0 Å². The van der Waals surface area contributed by atoms with E-state index in [0.717, 1.165) is 27.7 Å². The van der Waals surface area contributed by atoms with Gasteiger partial charge in [0.2, 0.25) is 5.95 Å². The highest BCUT2D eigenvalue weighted by Gasteiger charge is 2.01. The summed E-state index contributed by atoms with van der Waals surface area (Å²) in [5.74, 6) is 0.730. The summed E-state index contributed by atoms with van der Waals surface area (Å²) in [6.45, 7) is 0. The summed E-state index contributed by atoms with van der Waals surface area (Å²) in [6.07, 6.45) is 0. The zero-order valence-electron chi connectivity index (χ0n) is 9.35. The maximum atomic E-state index is 5.83. The Labute approximate surface area is 116 Å². The quantitative estimate of drug-likeness (QED) is 0.731. The monoisotopic (exact) mass is 279 g/mol. The molecule has 0 aliphatic heterocycles. The molecule has 18 heavy (non-hydrogen) atoms. The molecule has 0 unspecified atom stereocenters. The van der Waals surface area contributed by atoms with Gasteiger partial charge in [0.25, 0.3) is 0 Å². The molecule has 0 saturated heterocycles. The number of imidazole rings is 1. The number of hydrogen-bond acceptors (Lipinski definition) is 2. The number of halogens is 2. The second-order valence-electron chi connectivity index (χ2n) is 3.73. The van der Waals surface area contributed by atoms with Crippen molar-refractivity contribution in [3.05, 3.63) is 53.6 Å². The molecule has 3 rings (SSSR count). The first kappa shape index (κ1) is 12.7. The van der Waals surface area contributed by atoms with Gasteiger partial charge in [-0.1, -0.05) is 23.7 Å². The minimum Gasteiger partial charge on any atom is -0.326 e. The topological polar surface area (TPSA) is 40.7 Å². The van der Waals surface area contributed by atoms with E-state index in [4.69, 9.17) is 11.6 Å². The lowest BCUT2D eigenvalue weighted by Gasteiger charge is -2.01. The van der Waals surface area contributed by atoms with Crippen LogP contribution in [0.15, 0.2) is 48.5 Å². The van der Waals surface area contributed by atoms with Gasteiger partial charge in [-0.25, -0.2) is 4.98 Å². The molecule has 1 heterocycles. The summed E-state index contributed by atoms with van der Waals surface area (Å²) in [5, 5.41) is 3.92. The second kappa shape index (κ2) is 5.29. The third kappa shape index (κ3) is 2.58. The Hall–Kier alpha value is -1.71. The lowest BCUT2D eigenvalue weighted by Crippen LogP contribution is -1.91. The van der Waals surface area contributed by atoms with E-state index in [1.807, 2.05) is 48.5 Å². The van der Waals surface area contributed by atoms with E-state index in [1.54, 1.807) is 0 Å². The largest absolute Gasteiger partial charge is 0.326 e. The Bertz CT molecular complexity index is 614. The summed E-state index contributed by atoms with van der Waals surface area (Å²) in [6, 6.07) is 15.4. The van der Waals surface area contributed by atoms with Crippen molar-refractivity contribution < 1.29 is 0 Å². The van der Waals surface area contributed by atoms with Crippen molar-refractivity contribution in [3.63, 3.8) is 0 Å². The first-order valence-electron chi connectivity index (χ1n) is 5.28. The molecule has 5 heteroatoms. The maximum absolute atomic E-state index is 5.83. The van der Waals surface area contributed by atoms with Crippen molar-refractivity contribution in [2.45, 2.75) is 0 Å². The molecule has 1 aromatic heterocycles. The summed E-state index contributed by atoms with van der Waals surface area (Å²) in [5.41, 5.74) is 2.92. The minimum absolute atomic E-state index is 0. The predicted octanol–water partition coefficient (Wildman–Crippen LogP) is 4.38. The molecular weight excluding hydrogens is 269 g/mol. The van der Waals surface area contributed by atoms with E-state index in [0.29, 0.717) is 0 Å². The molecule has 2 N–H and O–H groups in total. The number of fused-ring (bicyclic) bond motifs is 1. The van der Waals surface area contributed by atoms with Gasteiger partial charge in [0.1, 0.15) is 0 Å². The van der Waals surface area contributed by atoms with Gasteiger partial charge in [-0.3, -0.25) is 0 Å². The Morgan fingerprint density at radius 2 is 1.72 bits per heavy atom. The Morgan fingerprint density at radius 1 is 1.00 bits per heavy atom. The second-order valence-corrected chi connectivity index (χ2v) is 4.17. The van der Waals surface area contributed by atoms with Crippen LogP contribution in [0, 0.1) is 0 Å². The maximum Gasteiger partial charge on any atom is 0.205 e. The van der Waals surface area contributed by atoms with Crippen molar-refractivity contribution >= 4 is 46.7 Å². The SMILES string of the molecule is Cl.Clc1ccc(Nc2nc3ccccc3[nH]2)cc1. The van der Waals surface area contributed by atoms with Crippen LogP contribution in [-0.4, -0.2) is 9.97 Å². The van der Waals surface area contributed by atoms with Crippen LogP contribution >= 0.6 is 24.0 Å². The fourth-order valence-corrected chi connectivity index (χ4v) is 1.81. The summed E-state index contributed by atoms with van der Waals surface area (Å²) >= 11 is 5.83. The molecule has 0 atom stereocenters. The molecule has 92 valence electrons. The number of anilines is 2. The average molecular weight is 280 g/mol. The molecule has 3 nitrogen and oxygen atoms in total. The molecule has 3 aromatic rings. The lowest BCUT2D eigenvalue weighted by atomic mass is 10.3. The van der Waals surface area contributed by atoms with Gasteiger partial charge in [0.15, 0.2) is 0 Å². The first-order valence-corrected chi connectivity index (χ1v) is 5.66. The van der Waals surface area contributed by atoms with Crippen molar-refractivity contribution in [2.75, 3.05) is 5.32 Å². The number of aromatic amines is 1. The predicted molar refractivity (Wildman–Crippen MR) is 78.1 cm³/mol. The number of benzene rings is 2. The van der Waals surface area contributed by atoms with Crippen LogP contribution in [0.3, 0.4) is 0 Å². The first-order chi connectivity index (χ1) is 8.31. The highest BCUT2D eigenvalue weighted by atomic mass is 35.5. The molecule has 0 aliphatic carbocycles. The van der Waals surface area contributed by atoms with Crippen molar-refractivity contribution in [1.29, 1.82) is 0 Å². The lowest BCUT2D eigenvalue weighted by molar-refractivity contribution is 1.31. The number of rotatable bonds is 2. The van der Waals surface area contributed by atoms with Gasteiger partial charge < -0.3 is 10.3 Å². The van der Waals surface area contributed by atoms with Gasteiger partial charge in [0, 0.05) is 10.7 Å². The number of H-pyrrole nitrogens is 1. The minimum atomic E-state index is 0. The Balaban J connectivity index is 0.00000120. The van der Waals surface area contributed by atoms with Crippen LogP contribution in [0.4, 0.5) is 11.6 Å². The molecular formula is C13H11Cl2N3. The third-order valence-corrected chi connectivity index (χ3v) is 2.75. The molecule has 0 spiro atoms. The molecule has 0 fully saturated rings. The van der Waals surface area contributed by atoms with Crippen LogP contribution in [0.2, 0.25) is 5.02 Å². The molecule has 2 aromatic carbocycles. The molecule has 0 bridgehead atoms. The fourth-order valence-electron chi connectivity index (χ4n) is 1.68. The fraction of sp³-hybridized carbons (Fsp3) is 0. The van der Waals surface area contributed by atoms with E-state index in [1.165, 1.54) is 0 Å². The number of hydrogen-bond donors (Lipinski definition) is 2. The summed E-state index contributed by atoms with van der Waals surface area (Å²) in [4.78, 5) is 7.63. The number of nitrogens with one attached hydrogen (secondary N) is 2. The van der Waals surface area contributed by atoms with E-state index < -0.39 is 0 Å². The van der Waals surface area contributed by atoms with Crippen LogP contribution < -0.4 is 5.32 Å². The summed E-state index contributed by atoms with van der Waals surface area (Å²) < 4.78 is 0. The van der Waals surface area contributed by atoms with Gasteiger partial charge in [0.05, 0.1) is 11.0 Å².